The van der Waals surface area contributed by atoms with Crippen molar-refractivity contribution in [1.29, 1.82) is 0 Å². The lowest BCUT2D eigenvalue weighted by molar-refractivity contribution is 0.181. The highest BCUT2D eigenvalue weighted by atomic mass is 19.1. The minimum atomic E-state index is -0.339. The fraction of sp³-hybridized carbons (Fsp3) is 0.375. The quantitative estimate of drug-likeness (QED) is 0.534. The van der Waals surface area contributed by atoms with Crippen LogP contribution in [0.2, 0.25) is 0 Å². The standard InChI is InChI=1S/C24H29FN6O2/c1-3-4-6-16-7-5-8-18(25)22(16)20-10-9-19(26)23(28-20)29-24(32)30-14-17-13-27-31(11-12-33-2)21(17)15-30/h5,7-10,13H,3-4,6,11-12,14-15,26H2,1-2H3,(H,28,29,32). The minimum Gasteiger partial charge on any atom is -0.396 e. The fourth-order valence-electron chi connectivity index (χ4n) is 4.04. The zero-order valence-corrected chi connectivity index (χ0v) is 19.0. The summed E-state index contributed by atoms with van der Waals surface area (Å²) in [6.07, 6.45) is 4.49. The number of nitrogens with zero attached hydrogens (tertiary/aromatic N) is 4. The van der Waals surface area contributed by atoms with Crippen LogP contribution in [-0.2, 0) is 30.8 Å². The molecule has 8 nitrogen and oxygen atoms in total. The molecule has 0 spiro atoms. The third kappa shape index (κ3) is 4.83. The zero-order chi connectivity index (χ0) is 23.4. The van der Waals surface area contributed by atoms with Crippen LogP contribution in [0.15, 0.2) is 36.5 Å². The number of urea groups is 1. The van der Waals surface area contributed by atoms with E-state index >= 15 is 0 Å². The Labute approximate surface area is 192 Å². The summed E-state index contributed by atoms with van der Waals surface area (Å²) >= 11 is 0. The van der Waals surface area contributed by atoms with Crippen molar-refractivity contribution < 1.29 is 13.9 Å². The van der Waals surface area contributed by atoms with Crippen molar-refractivity contribution >= 4 is 17.5 Å². The summed E-state index contributed by atoms with van der Waals surface area (Å²) in [7, 11) is 1.64. The van der Waals surface area contributed by atoms with Gasteiger partial charge in [0.1, 0.15) is 5.82 Å². The van der Waals surface area contributed by atoms with Gasteiger partial charge in [-0.05, 0) is 36.6 Å². The van der Waals surface area contributed by atoms with Gasteiger partial charge in [-0.1, -0.05) is 25.5 Å². The van der Waals surface area contributed by atoms with Gasteiger partial charge in [-0.3, -0.25) is 10.00 Å². The van der Waals surface area contributed by atoms with Gasteiger partial charge in [0.2, 0.25) is 0 Å². The zero-order valence-electron chi connectivity index (χ0n) is 19.0. The van der Waals surface area contributed by atoms with Crippen LogP contribution < -0.4 is 11.1 Å². The maximum absolute atomic E-state index is 14.8. The first-order valence-corrected chi connectivity index (χ1v) is 11.1. The molecule has 0 saturated carbocycles. The Bertz CT molecular complexity index is 1150. The number of nitrogen functional groups attached to an aromatic ring is 1. The third-order valence-electron chi connectivity index (χ3n) is 5.84. The predicted octanol–water partition coefficient (Wildman–Crippen LogP) is 4.20. The number of hydrogen-bond acceptors (Lipinski definition) is 5. The number of fused-ring (bicyclic) bond motifs is 1. The van der Waals surface area contributed by atoms with E-state index in [1.54, 1.807) is 36.4 Å². The van der Waals surface area contributed by atoms with Crippen molar-refractivity contribution in [2.24, 2.45) is 0 Å². The molecular formula is C24H29FN6O2. The van der Waals surface area contributed by atoms with E-state index in [9.17, 15) is 9.18 Å². The number of carbonyl (C=O) groups is 1. The molecule has 0 radical (unpaired) electrons. The van der Waals surface area contributed by atoms with Crippen molar-refractivity contribution in [3.05, 3.63) is 59.2 Å². The van der Waals surface area contributed by atoms with Gasteiger partial charge in [-0.15, -0.1) is 0 Å². The number of hydrogen-bond donors (Lipinski definition) is 2. The van der Waals surface area contributed by atoms with Gasteiger partial charge in [0.15, 0.2) is 5.82 Å². The van der Waals surface area contributed by atoms with Gasteiger partial charge in [0.25, 0.3) is 0 Å². The Kier molecular flexibility index (Phi) is 6.88. The van der Waals surface area contributed by atoms with Crippen molar-refractivity contribution in [3.8, 4) is 11.3 Å². The van der Waals surface area contributed by atoms with Crippen molar-refractivity contribution in [2.45, 2.75) is 45.8 Å². The molecule has 9 heteroatoms. The van der Waals surface area contributed by atoms with Crippen molar-refractivity contribution in [1.82, 2.24) is 19.7 Å². The number of methoxy groups -OCH3 is 1. The second kappa shape index (κ2) is 9.99. The number of benzene rings is 1. The third-order valence-corrected chi connectivity index (χ3v) is 5.84. The SMILES string of the molecule is CCCCc1cccc(F)c1-c1ccc(N)c(NC(=O)N2Cc3cnn(CCOC)c3C2)n1. The van der Waals surface area contributed by atoms with Crippen LogP contribution in [0.25, 0.3) is 11.3 Å². The van der Waals surface area contributed by atoms with Crippen LogP contribution in [0.5, 0.6) is 0 Å². The van der Waals surface area contributed by atoms with Gasteiger partial charge in [-0.25, -0.2) is 14.2 Å². The highest BCUT2D eigenvalue weighted by molar-refractivity contribution is 5.92. The monoisotopic (exact) mass is 452 g/mol. The first-order valence-electron chi connectivity index (χ1n) is 11.1. The Morgan fingerprint density at radius 2 is 2.12 bits per heavy atom. The molecule has 0 saturated heterocycles. The maximum atomic E-state index is 14.8. The minimum absolute atomic E-state index is 0.221. The predicted molar refractivity (Wildman–Crippen MR) is 125 cm³/mol. The number of nitrogens with one attached hydrogen (secondary N) is 1. The lowest BCUT2D eigenvalue weighted by Gasteiger charge is -2.18. The van der Waals surface area contributed by atoms with Crippen LogP contribution in [0, 0.1) is 5.82 Å². The molecule has 2 aromatic heterocycles. The number of rotatable bonds is 8. The number of nitrogens with two attached hydrogens (primary N) is 1. The number of amides is 2. The number of aromatic nitrogens is 3. The first-order chi connectivity index (χ1) is 16.0. The molecule has 3 N–H and O–H groups in total. The van der Waals surface area contributed by atoms with Crippen LogP contribution in [0.3, 0.4) is 0 Å². The van der Waals surface area contributed by atoms with Gasteiger partial charge in [0.05, 0.1) is 49.5 Å². The van der Waals surface area contributed by atoms with Gasteiger partial charge < -0.3 is 15.4 Å². The second-order valence-electron chi connectivity index (χ2n) is 8.13. The molecule has 0 aliphatic carbocycles. The van der Waals surface area contributed by atoms with E-state index in [4.69, 9.17) is 10.5 Å². The molecule has 1 aromatic carbocycles. The van der Waals surface area contributed by atoms with E-state index in [1.807, 2.05) is 10.7 Å². The number of aryl methyl sites for hydroxylation is 1. The highest BCUT2D eigenvalue weighted by Crippen LogP contribution is 2.30. The van der Waals surface area contributed by atoms with Crippen molar-refractivity contribution in [2.75, 3.05) is 24.8 Å². The topological polar surface area (TPSA) is 98.3 Å². The molecule has 33 heavy (non-hydrogen) atoms. The normalized spacial score (nSPS) is 12.8. The number of unbranched alkanes of at least 4 members (excludes halogenated alkanes) is 1. The molecule has 174 valence electrons. The molecular weight excluding hydrogens is 423 g/mol. The first kappa shape index (κ1) is 22.7. The summed E-state index contributed by atoms with van der Waals surface area (Å²) in [4.78, 5) is 19.2. The molecule has 2 amide bonds. The van der Waals surface area contributed by atoms with Gasteiger partial charge in [-0.2, -0.15) is 5.10 Å². The summed E-state index contributed by atoms with van der Waals surface area (Å²) in [6.45, 7) is 4.14. The van der Waals surface area contributed by atoms with E-state index in [-0.39, 0.29) is 17.7 Å². The summed E-state index contributed by atoms with van der Waals surface area (Å²) in [6, 6.07) is 8.07. The molecule has 1 aliphatic heterocycles. The molecule has 0 bridgehead atoms. The van der Waals surface area contributed by atoms with E-state index in [2.05, 4.69) is 22.3 Å². The summed E-state index contributed by atoms with van der Waals surface area (Å²) in [5.41, 5.74) is 10.2. The van der Waals surface area contributed by atoms with E-state index in [0.29, 0.717) is 43.2 Å². The van der Waals surface area contributed by atoms with E-state index < -0.39 is 0 Å². The summed E-state index contributed by atoms with van der Waals surface area (Å²) < 4.78 is 21.7. The van der Waals surface area contributed by atoms with Gasteiger partial charge >= 0.3 is 6.03 Å². The highest BCUT2D eigenvalue weighted by Gasteiger charge is 2.28. The van der Waals surface area contributed by atoms with Crippen molar-refractivity contribution in [3.63, 3.8) is 0 Å². The van der Waals surface area contributed by atoms with Crippen LogP contribution in [0.1, 0.15) is 36.6 Å². The van der Waals surface area contributed by atoms with E-state index in [0.717, 1.165) is 36.1 Å². The van der Waals surface area contributed by atoms with Crippen LogP contribution in [0.4, 0.5) is 20.7 Å². The number of pyridine rings is 1. The molecule has 3 aromatic rings. The molecule has 0 unspecified atom stereocenters. The largest absolute Gasteiger partial charge is 0.396 e. The number of ether oxygens (including phenoxy) is 1. The Morgan fingerprint density at radius 3 is 2.91 bits per heavy atom. The Hall–Kier alpha value is -3.46. The lowest BCUT2D eigenvalue weighted by atomic mass is 9.98. The Balaban J connectivity index is 1.53. The number of anilines is 2. The number of halogens is 1. The maximum Gasteiger partial charge on any atom is 0.323 e. The Morgan fingerprint density at radius 1 is 1.27 bits per heavy atom. The molecule has 0 atom stereocenters. The molecule has 3 heterocycles. The van der Waals surface area contributed by atoms with Crippen LogP contribution >= 0.6 is 0 Å². The smallest absolute Gasteiger partial charge is 0.323 e. The second-order valence-corrected chi connectivity index (χ2v) is 8.13. The van der Waals surface area contributed by atoms with Gasteiger partial charge in [0, 0.05) is 18.2 Å². The average molecular weight is 453 g/mol. The molecule has 4 rings (SSSR count). The molecule has 1 aliphatic rings. The summed E-state index contributed by atoms with van der Waals surface area (Å²) in [5.74, 6) is -0.118. The average Bonchev–Trinajstić information content (AvgIpc) is 3.39. The van der Waals surface area contributed by atoms with E-state index in [1.165, 1.54) is 6.07 Å². The van der Waals surface area contributed by atoms with Crippen LogP contribution in [-0.4, -0.2) is 39.4 Å². The molecule has 0 fully saturated rings. The summed E-state index contributed by atoms with van der Waals surface area (Å²) in [5, 5.41) is 7.17. The number of carbonyl (C=O) groups excluding carboxylic acids is 1. The fourth-order valence-corrected chi connectivity index (χ4v) is 4.04. The lowest BCUT2D eigenvalue weighted by Crippen LogP contribution is -2.31.